The van der Waals surface area contributed by atoms with Gasteiger partial charge in [-0.1, -0.05) is 6.08 Å². The molecular weight excluding hydrogens is 168 g/mol. The van der Waals surface area contributed by atoms with E-state index in [0.717, 1.165) is 19.3 Å². The molecule has 1 aliphatic heterocycles. The average molecular weight is 182 g/mol. The summed E-state index contributed by atoms with van der Waals surface area (Å²) >= 11 is 0. The Morgan fingerprint density at radius 3 is 3.15 bits per heavy atom. The lowest BCUT2D eigenvalue weighted by Crippen LogP contribution is -2.43. The highest BCUT2D eigenvalue weighted by Gasteiger charge is 2.36. The molecule has 0 aromatic carbocycles. The van der Waals surface area contributed by atoms with Crippen LogP contribution in [0.25, 0.3) is 0 Å². The zero-order valence-electron chi connectivity index (χ0n) is 7.73. The fourth-order valence-corrected chi connectivity index (χ4v) is 2.16. The van der Waals surface area contributed by atoms with Crippen molar-refractivity contribution in [2.24, 2.45) is 5.92 Å². The molecule has 3 heteroatoms. The van der Waals surface area contributed by atoms with Gasteiger partial charge in [-0.3, -0.25) is 0 Å². The molecule has 1 saturated carbocycles. The van der Waals surface area contributed by atoms with Crippen LogP contribution in [-0.4, -0.2) is 25.3 Å². The third kappa shape index (κ3) is 1.61. The average Bonchev–Trinajstić information content (AvgIpc) is 2.17. The van der Waals surface area contributed by atoms with Crippen LogP contribution >= 0.6 is 0 Å². The van der Waals surface area contributed by atoms with Crippen molar-refractivity contribution in [1.82, 2.24) is 0 Å². The van der Waals surface area contributed by atoms with Gasteiger partial charge in [0.15, 0.2) is 0 Å². The number of fused-ring (bicyclic) bond motifs is 1. The molecule has 0 amide bonds. The highest BCUT2D eigenvalue weighted by Crippen LogP contribution is 2.32. The maximum atomic E-state index is 11.0. The van der Waals surface area contributed by atoms with E-state index in [0.29, 0.717) is 5.92 Å². The van der Waals surface area contributed by atoms with E-state index in [9.17, 15) is 4.79 Å². The second-order valence-corrected chi connectivity index (χ2v) is 3.63. The lowest BCUT2D eigenvalue weighted by atomic mass is 9.83. The third-order valence-electron chi connectivity index (χ3n) is 2.85. The molecule has 0 aromatic heterocycles. The number of esters is 1. The van der Waals surface area contributed by atoms with Crippen molar-refractivity contribution in [2.45, 2.75) is 31.5 Å². The topological polar surface area (TPSA) is 35.5 Å². The molecular formula is C10H14O3. The SMILES string of the molecule is CO[C@@H]1CCC[C@H]2C=CC(=O)O[C@@H]21. The Balaban J connectivity index is 2.13. The maximum absolute atomic E-state index is 11.0. The van der Waals surface area contributed by atoms with Crippen LogP contribution in [0.15, 0.2) is 12.2 Å². The molecule has 1 heterocycles. The van der Waals surface area contributed by atoms with Gasteiger partial charge in [-0.15, -0.1) is 0 Å². The lowest BCUT2D eigenvalue weighted by molar-refractivity contribution is -0.159. The van der Waals surface area contributed by atoms with Crippen LogP contribution in [0.4, 0.5) is 0 Å². The standard InChI is InChI=1S/C10H14O3/c1-12-8-4-2-3-7-5-6-9(11)13-10(7)8/h5-8,10H,2-4H2,1H3/t7-,8+,10-/m0/s1. The maximum Gasteiger partial charge on any atom is 0.330 e. The van der Waals surface area contributed by atoms with E-state index in [1.54, 1.807) is 7.11 Å². The molecule has 0 unspecified atom stereocenters. The normalized spacial score (nSPS) is 38.2. The summed E-state index contributed by atoms with van der Waals surface area (Å²) in [7, 11) is 1.68. The van der Waals surface area contributed by atoms with Gasteiger partial charge in [-0.05, 0) is 19.3 Å². The predicted molar refractivity (Wildman–Crippen MR) is 47.2 cm³/mol. The van der Waals surface area contributed by atoms with Gasteiger partial charge in [0.2, 0.25) is 0 Å². The highest BCUT2D eigenvalue weighted by atomic mass is 16.6. The quantitative estimate of drug-likeness (QED) is 0.573. The zero-order chi connectivity index (χ0) is 9.26. The van der Waals surface area contributed by atoms with Gasteiger partial charge in [0.05, 0.1) is 6.10 Å². The Labute approximate surface area is 77.7 Å². The second-order valence-electron chi connectivity index (χ2n) is 3.63. The molecule has 3 nitrogen and oxygen atoms in total. The minimum Gasteiger partial charge on any atom is -0.456 e. The molecule has 0 aromatic rings. The fourth-order valence-electron chi connectivity index (χ4n) is 2.16. The van der Waals surface area contributed by atoms with Gasteiger partial charge < -0.3 is 9.47 Å². The fraction of sp³-hybridized carbons (Fsp3) is 0.700. The predicted octanol–water partition coefficient (Wildman–Crippen LogP) is 1.28. The third-order valence-corrected chi connectivity index (χ3v) is 2.85. The molecule has 0 saturated heterocycles. The smallest absolute Gasteiger partial charge is 0.330 e. The summed E-state index contributed by atoms with van der Waals surface area (Å²) in [5, 5.41) is 0. The molecule has 0 radical (unpaired) electrons. The molecule has 1 aliphatic carbocycles. The minimum absolute atomic E-state index is 0.0451. The van der Waals surface area contributed by atoms with Crippen molar-refractivity contribution in [3.8, 4) is 0 Å². The molecule has 2 aliphatic rings. The Kier molecular flexibility index (Phi) is 2.36. The molecule has 72 valence electrons. The monoisotopic (exact) mass is 182 g/mol. The van der Waals surface area contributed by atoms with Crippen molar-refractivity contribution < 1.29 is 14.3 Å². The first-order chi connectivity index (χ1) is 6.31. The summed E-state index contributed by atoms with van der Waals surface area (Å²) in [6.45, 7) is 0. The molecule has 1 fully saturated rings. The largest absolute Gasteiger partial charge is 0.456 e. The molecule has 0 bridgehead atoms. The van der Waals surface area contributed by atoms with Gasteiger partial charge in [-0.2, -0.15) is 0 Å². The summed E-state index contributed by atoms with van der Waals surface area (Å²) in [5.41, 5.74) is 0. The van der Waals surface area contributed by atoms with E-state index < -0.39 is 0 Å². The number of hydrogen-bond acceptors (Lipinski definition) is 3. The van der Waals surface area contributed by atoms with Gasteiger partial charge in [0.25, 0.3) is 0 Å². The van der Waals surface area contributed by atoms with E-state index in [-0.39, 0.29) is 18.2 Å². The molecule has 0 N–H and O–H groups in total. The number of methoxy groups -OCH3 is 1. The van der Waals surface area contributed by atoms with Gasteiger partial charge in [0.1, 0.15) is 6.10 Å². The summed E-state index contributed by atoms with van der Waals surface area (Å²) < 4.78 is 10.5. The van der Waals surface area contributed by atoms with Crippen LogP contribution in [0.1, 0.15) is 19.3 Å². The van der Waals surface area contributed by atoms with Crippen molar-refractivity contribution in [3.63, 3.8) is 0 Å². The Hall–Kier alpha value is -0.830. The van der Waals surface area contributed by atoms with Gasteiger partial charge in [-0.25, -0.2) is 4.79 Å². The van der Waals surface area contributed by atoms with Crippen LogP contribution < -0.4 is 0 Å². The van der Waals surface area contributed by atoms with Gasteiger partial charge in [0, 0.05) is 19.1 Å². The molecule has 0 spiro atoms. The first-order valence-corrected chi connectivity index (χ1v) is 4.73. The summed E-state index contributed by atoms with van der Waals surface area (Å²) in [6.07, 6.45) is 6.79. The van der Waals surface area contributed by atoms with E-state index in [2.05, 4.69) is 0 Å². The number of rotatable bonds is 1. The molecule has 13 heavy (non-hydrogen) atoms. The van der Waals surface area contributed by atoms with Crippen molar-refractivity contribution in [1.29, 1.82) is 0 Å². The van der Waals surface area contributed by atoms with E-state index in [1.807, 2.05) is 6.08 Å². The molecule has 3 atom stereocenters. The second kappa shape index (κ2) is 3.50. The van der Waals surface area contributed by atoms with Gasteiger partial charge >= 0.3 is 5.97 Å². The Bertz CT molecular complexity index is 234. The molecule has 2 rings (SSSR count). The van der Waals surface area contributed by atoms with E-state index >= 15 is 0 Å². The Morgan fingerprint density at radius 1 is 1.54 bits per heavy atom. The number of carbonyl (C=O) groups is 1. The first kappa shape index (κ1) is 8.75. The number of carbonyl (C=O) groups excluding carboxylic acids is 1. The van der Waals surface area contributed by atoms with E-state index in [1.165, 1.54) is 6.08 Å². The lowest BCUT2D eigenvalue weighted by Gasteiger charge is -2.36. The van der Waals surface area contributed by atoms with Crippen molar-refractivity contribution in [2.75, 3.05) is 7.11 Å². The number of hydrogen-bond donors (Lipinski definition) is 0. The zero-order valence-corrected chi connectivity index (χ0v) is 7.73. The summed E-state index contributed by atoms with van der Waals surface area (Å²) in [5.74, 6) is 0.140. The van der Waals surface area contributed by atoms with Crippen molar-refractivity contribution in [3.05, 3.63) is 12.2 Å². The Morgan fingerprint density at radius 2 is 2.38 bits per heavy atom. The highest BCUT2D eigenvalue weighted by molar-refractivity contribution is 5.83. The van der Waals surface area contributed by atoms with Crippen LogP contribution in [0.5, 0.6) is 0 Å². The first-order valence-electron chi connectivity index (χ1n) is 4.73. The van der Waals surface area contributed by atoms with Crippen LogP contribution in [0.2, 0.25) is 0 Å². The van der Waals surface area contributed by atoms with Crippen LogP contribution in [-0.2, 0) is 14.3 Å². The minimum atomic E-state index is -0.231. The summed E-state index contributed by atoms with van der Waals surface area (Å²) in [6, 6.07) is 0. The van der Waals surface area contributed by atoms with Crippen LogP contribution in [0.3, 0.4) is 0 Å². The number of ether oxygens (including phenoxy) is 2. The van der Waals surface area contributed by atoms with Crippen LogP contribution in [0, 0.1) is 5.92 Å². The summed E-state index contributed by atoms with van der Waals surface area (Å²) in [4.78, 5) is 11.0. The van der Waals surface area contributed by atoms with E-state index in [4.69, 9.17) is 9.47 Å². The van der Waals surface area contributed by atoms with Crippen molar-refractivity contribution >= 4 is 5.97 Å².